The minimum atomic E-state index is 0.181. The minimum absolute atomic E-state index is 0.181. The summed E-state index contributed by atoms with van der Waals surface area (Å²) < 4.78 is 0. The lowest BCUT2D eigenvalue weighted by Crippen LogP contribution is -2.46. The number of rotatable bonds is 4. The third kappa shape index (κ3) is 3.66. The SMILES string of the molecule is O=C(CC(C1=CCCC=C1)c1ccccc1)N1CCNCC1. The van der Waals surface area contributed by atoms with E-state index in [1.54, 1.807) is 0 Å². The molecule has 0 spiro atoms. The molecule has 1 aromatic rings. The summed E-state index contributed by atoms with van der Waals surface area (Å²) in [6, 6.07) is 10.4. The van der Waals surface area contributed by atoms with Crippen LogP contribution in [0.1, 0.15) is 30.7 Å². The van der Waals surface area contributed by atoms with E-state index >= 15 is 0 Å². The highest BCUT2D eigenvalue weighted by Crippen LogP contribution is 2.31. The van der Waals surface area contributed by atoms with E-state index in [-0.39, 0.29) is 11.8 Å². The maximum absolute atomic E-state index is 12.7. The maximum Gasteiger partial charge on any atom is 0.223 e. The Bertz CT molecular complexity index is 556. The predicted octanol–water partition coefficient (Wildman–Crippen LogP) is 2.87. The van der Waals surface area contributed by atoms with Crippen molar-refractivity contribution in [3.63, 3.8) is 0 Å². The van der Waals surface area contributed by atoms with Gasteiger partial charge < -0.3 is 10.2 Å². The second-order valence-electron chi connectivity index (χ2n) is 5.98. The van der Waals surface area contributed by atoms with Gasteiger partial charge in [0, 0.05) is 38.5 Å². The fourth-order valence-corrected chi connectivity index (χ4v) is 3.22. The van der Waals surface area contributed by atoms with Crippen molar-refractivity contribution in [1.82, 2.24) is 10.2 Å². The Morgan fingerprint density at radius 2 is 1.91 bits per heavy atom. The molecule has 1 fully saturated rings. The average molecular weight is 296 g/mol. The summed E-state index contributed by atoms with van der Waals surface area (Å²) in [5.41, 5.74) is 2.53. The Morgan fingerprint density at radius 1 is 1.14 bits per heavy atom. The van der Waals surface area contributed by atoms with Crippen molar-refractivity contribution >= 4 is 5.91 Å². The molecule has 1 amide bonds. The molecule has 1 aromatic carbocycles. The number of amides is 1. The van der Waals surface area contributed by atoms with Crippen molar-refractivity contribution in [2.24, 2.45) is 0 Å². The second-order valence-corrected chi connectivity index (χ2v) is 5.98. The van der Waals surface area contributed by atoms with Crippen LogP contribution in [0, 0.1) is 0 Å². The van der Waals surface area contributed by atoms with Gasteiger partial charge in [0.2, 0.25) is 5.91 Å². The molecule has 0 bridgehead atoms. The van der Waals surface area contributed by atoms with Crippen LogP contribution in [-0.4, -0.2) is 37.0 Å². The van der Waals surface area contributed by atoms with Gasteiger partial charge in [-0.3, -0.25) is 4.79 Å². The van der Waals surface area contributed by atoms with Gasteiger partial charge in [-0.05, 0) is 24.0 Å². The zero-order chi connectivity index (χ0) is 15.2. The van der Waals surface area contributed by atoms with E-state index in [2.05, 4.69) is 47.8 Å². The highest BCUT2D eigenvalue weighted by Gasteiger charge is 2.23. The van der Waals surface area contributed by atoms with Crippen LogP contribution in [0.4, 0.5) is 0 Å². The standard InChI is InChI=1S/C19H24N2O/c22-19(21-13-11-20-12-14-21)15-18(16-7-3-1-4-8-16)17-9-5-2-6-10-17/h1,3-5,7-10,18,20H,2,6,11-15H2. The summed E-state index contributed by atoms with van der Waals surface area (Å²) in [6.45, 7) is 3.47. The first kappa shape index (κ1) is 15.0. The van der Waals surface area contributed by atoms with Crippen molar-refractivity contribution in [3.8, 4) is 0 Å². The van der Waals surface area contributed by atoms with Crippen LogP contribution in [0.15, 0.2) is 54.1 Å². The number of hydrogen-bond acceptors (Lipinski definition) is 2. The molecule has 116 valence electrons. The van der Waals surface area contributed by atoms with Crippen LogP contribution in [0.25, 0.3) is 0 Å². The van der Waals surface area contributed by atoms with E-state index in [1.807, 2.05) is 11.0 Å². The zero-order valence-corrected chi connectivity index (χ0v) is 13.0. The Morgan fingerprint density at radius 3 is 2.59 bits per heavy atom. The molecule has 0 aromatic heterocycles. The van der Waals surface area contributed by atoms with Crippen LogP contribution in [-0.2, 0) is 4.79 Å². The third-order valence-corrected chi connectivity index (χ3v) is 4.48. The van der Waals surface area contributed by atoms with E-state index in [9.17, 15) is 4.79 Å². The number of nitrogens with zero attached hydrogens (tertiary/aromatic N) is 1. The molecule has 2 aliphatic rings. The molecule has 3 heteroatoms. The molecule has 1 unspecified atom stereocenters. The highest BCUT2D eigenvalue weighted by molar-refractivity contribution is 5.78. The molecule has 1 atom stereocenters. The number of nitrogens with one attached hydrogen (secondary N) is 1. The van der Waals surface area contributed by atoms with Gasteiger partial charge in [-0.1, -0.05) is 48.6 Å². The van der Waals surface area contributed by atoms with Gasteiger partial charge in [0.05, 0.1) is 0 Å². The van der Waals surface area contributed by atoms with Crippen molar-refractivity contribution in [2.45, 2.75) is 25.2 Å². The molecule has 1 aliphatic heterocycles. The van der Waals surface area contributed by atoms with E-state index in [0.29, 0.717) is 6.42 Å². The van der Waals surface area contributed by atoms with Crippen LogP contribution in [0.2, 0.25) is 0 Å². The Balaban J connectivity index is 1.78. The Labute approximate surface area is 132 Å². The summed E-state index contributed by atoms with van der Waals surface area (Å²) in [5.74, 6) is 0.454. The summed E-state index contributed by atoms with van der Waals surface area (Å²) >= 11 is 0. The molecular formula is C19H24N2O. The monoisotopic (exact) mass is 296 g/mol. The first-order valence-corrected chi connectivity index (χ1v) is 8.24. The molecule has 1 N–H and O–H groups in total. The molecule has 0 saturated carbocycles. The molecule has 0 radical (unpaired) electrons. The van der Waals surface area contributed by atoms with Crippen LogP contribution < -0.4 is 5.32 Å². The molecule has 1 aliphatic carbocycles. The smallest absolute Gasteiger partial charge is 0.223 e. The molecular weight excluding hydrogens is 272 g/mol. The maximum atomic E-state index is 12.7. The normalized spacial score (nSPS) is 19.6. The van der Waals surface area contributed by atoms with E-state index in [1.165, 1.54) is 11.1 Å². The summed E-state index contributed by atoms with van der Waals surface area (Å²) in [6.07, 6.45) is 9.48. The van der Waals surface area contributed by atoms with Gasteiger partial charge in [0.1, 0.15) is 0 Å². The minimum Gasteiger partial charge on any atom is -0.340 e. The molecule has 3 nitrogen and oxygen atoms in total. The number of benzene rings is 1. The number of piperazine rings is 1. The van der Waals surface area contributed by atoms with Crippen molar-refractivity contribution in [3.05, 3.63) is 59.7 Å². The van der Waals surface area contributed by atoms with Gasteiger partial charge >= 0.3 is 0 Å². The zero-order valence-electron chi connectivity index (χ0n) is 13.0. The van der Waals surface area contributed by atoms with E-state index in [4.69, 9.17) is 0 Å². The summed E-state index contributed by atoms with van der Waals surface area (Å²) in [7, 11) is 0. The first-order valence-electron chi connectivity index (χ1n) is 8.24. The van der Waals surface area contributed by atoms with Gasteiger partial charge in [-0.15, -0.1) is 0 Å². The topological polar surface area (TPSA) is 32.3 Å². The van der Waals surface area contributed by atoms with Crippen LogP contribution in [0.3, 0.4) is 0 Å². The molecule has 1 saturated heterocycles. The molecule has 1 heterocycles. The van der Waals surface area contributed by atoms with Gasteiger partial charge in [-0.2, -0.15) is 0 Å². The number of hydrogen-bond donors (Lipinski definition) is 1. The lowest BCUT2D eigenvalue weighted by atomic mass is 9.85. The molecule has 22 heavy (non-hydrogen) atoms. The number of carbonyl (C=O) groups excluding carboxylic acids is 1. The van der Waals surface area contributed by atoms with Crippen molar-refractivity contribution in [2.75, 3.05) is 26.2 Å². The fraction of sp³-hybridized carbons (Fsp3) is 0.421. The van der Waals surface area contributed by atoms with Crippen molar-refractivity contribution < 1.29 is 4.79 Å². The largest absolute Gasteiger partial charge is 0.340 e. The lowest BCUT2D eigenvalue weighted by Gasteiger charge is -2.30. The van der Waals surface area contributed by atoms with Crippen LogP contribution >= 0.6 is 0 Å². The van der Waals surface area contributed by atoms with Crippen molar-refractivity contribution in [1.29, 1.82) is 0 Å². The van der Waals surface area contributed by atoms with Gasteiger partial charge in [-0.25, -0.2) is 0 Å². The summed E-state index contributed by atoms with van der Waals surface area (Å²) in [4.78, 5) is 14.7. The van der Waals surface area contributed by atoms with Crippen LogP contribution in [0.5, 0.6) is 0 Å². The predicted molar refractivity (Wildman–Crippen MR) is 89.7 cm³/mol. The number of allylic oxidation sites excluding steroid dienone is 4. The quantitative estimate of drug-likeness (QED) is 0.926. The molecule has 3 rings (SSSR count). The Kier molecular flexibility index (Phi) is 5.07. The van der Waals surface area contributed by atoms with E-state index < -0.39 is 0 Å². The van der Waals surface area contributed by atoms with Gasteiger partial charge in [0.25, 0.3) is 0 Å². The third-order valence-electron chi connectivity index (χ3n) is 4.48. The fourth-order valence-electron chi connectivity index (χ4n) is 3.22. The van der Waals surface area contributed by atoms with Gasteiger partial charge in [0.15, 0.2) is 0 Å². The second kappa shape index (κ2) is 7.41. The number of carbonyl (C=O) groups is 1. The Hall–Kier alpha value is -1.87. The summed E-state index contributed by atoms with van der Waals surface area (Å²) in [5, 5.41) is 3.30. The first-order chi connectivity index (χ1) is 10.8. The average Bonchev–Trinajstić information content (AvgIpc) is 2.62. The lowest BCUT2D eigenvalue weighted by molar-refractivity contribution is -0.132. The van der Waals surface area contributed by atoms with E-state index in [0.717, 1.165) is 39.0 Å². The highest BCUT2D eigenvalue weighted by atomic mass is 16.2.